The van der Waals surface area contributed by atoms with Crippen molar-refractivity contribution in [2.24, 2.45) is 0 Å². The molecule has 0 bridgehead atoms. The first kappa shape index (κ1) is 16.6. The van der Waals surface area contributed by atoms with Gasteiger partial charge in [-0.3, -0.25) is 5.32 Å². The van der Waals surface area contributed by atoms with Gasteiger partial charge in [0.15, 0.2) is 5.82 Å². The Balaban J connectivity index is 2.10. The molecule has 0 aliphatic heterocycles. The minimum absolute atomic E-state index is 0.327. The van der Waals surface area contributed by atoms with Gasteiger partial charge in [-0.2, -0.15) is 0 Å². The number of rotatable bonds is 6. The van der Waals surface area contributed by atoms with Crippen molar-refractivity contribution >= 4 is 23.4 Å². The first-order valence-electron chi connectivity index (χ1n) is 7.50. The molecule has 2 N–H and O–H groups in total. The van der Waals surface area contributed by atoms with E-state index >= 15 is 0 Å². The van der Waals surface area contributed by atoms with E-state index < -0.39 is 6.09 Å². The van der Waals surface area contributed by atoms with E-state index in [4.69, 9.17) is 4.74 Å². The Hall–Kier alpha value is -2.76. The Morgan fingerprint density at radius 3 is 2.57 bits per heavy atom. The van der Waals surface area contributed by atoms with Gasteiger partial charge in [-0.05, 0) is 24.6 Å². The standard InChI is InChI=1S/C17H22N4O2/c1-4-23-17(22)19-14-10-11-15(20-16(14)21(2)3)18-12-13-8-6-5-7-9-13/h5-11H,4,12H2,1-3H3,(H,18,20)(H,19,22). The summed E-state index contributed by atoms with van der Waals surface area (Å²) in [4.78, 5) is 18.0. The maximum absolute atomic E-state index is 11.6. The maximum atomic E-state index is 11.6. The van der Waals surface area contributed by atoms with Crippen LogP contribution in [-0.4, -0.2) is 31.8 Å². The molecule has 0 spiro atoms. The molecule has 0 saturated heterocycles. The third-order valence-corrected chi connectivity index (χ3v) is 3.13. The number of benzene rings is 1. The molecule has 23 heavy (non-hydrogen) atoms. The second kappa shape index (κ2) is 8.03. The number of nitrogens with one attached hydrogen (secondary N) is 2. The number of ether oxygens (including phenoxy) is 1. The van der Waals surface area contributed by atoms with Crippen molar-refractivity contribution in [2.75, 3.05) is 36.2 Å². The highest BCUT2D eigenvalue weighted by molar-refractivity contribution is 5.89. The van der Waals surface area contributed by atoms with Crippen molar-refractivity contribution in [1.82, 2.24) is 4.98 Å². The number of aromatic nitrogens is 1. The molecule has 0 aliphatic rings. The van der Waals surface area contributed by atoms with Gasteiger partial charge in [0.2, 0.25) is 0 Å². The van der Waals surface area contributed by atoms with Crippen LogP contribution in [0.3, 0.4) is 0 Å². The molecule has 6 nitrogen and oxygen atoms in total. The second-order valence-corrected chi connectivity index (χ2v) is 5.15. The smallest absolute Gasteiger partial charge is 0.411 e. The van der Waals surface area contributed by atoms with Gasteiger partial charge < -0.3 is 15.0 Å². The predicted molar refractivity (Wildman–Crippen MR) is 93.0 cm³/mol. The first-order valence-corrected chi connectivity index (χ1v) is 7.50. The molecule has 122 valence electrons. The largest absolute Gasteiger partial charge is 0.450 e. The number of pyridine rings is 1. The lowest BCUT2D eigenvalue weighted by Crippen LogP contribution is -2.19. The van der Waals surface area contributed by atoms with Crippen LogP contribution in [0.5, 0.6) is 0 Å². The molecule has 1 aromatic heterocycles. The summed E-state index contributed by atoms with van der Waals surface area (Å²) in [5.74, 6) is 1.41. The fourth-order valence-electron chi connectivity index (χ4n) is 2.05. The summed E-state index contributed by atoms with van der Waals surface area (Å²) in [6, 6.07) is 13.7. The van der Waals surface area contributed by atoms with Crippen LogP contribution in [0, 0.1) is 0 Å². The zero-order chi connectivity index (χ0) is 16.7. The van der Waals surface area contributed by atoms with E-state index in [-0.39, 0.29) is 0 Å². The molecule has 0 fully saturated rings. The van der Waals surface area contributed by atoms with E-state index in [1.54, 1.807) is 6.92 Å². The highest BCUT2D eigenvalue weighted by Crippen LogP contribution is 2.24. The van der Waals surface area contributed by atoms with E-state index in [1.807, 2.05) is 49.3 Å². The van der Waals surface area contributed by atoms with Gasteiger partial charge >= 0.3 is 6.09 Å². The molecular weight excluding hydrogens is 292 g/mol. The van der Waals surface area contributed by atoms with Crippen molar-refractivity contribution in [3.63, 3.8) is 0 Å². The van der Waals surface area contributed by atoms with Gasteiger partial charge in [-0.1, -0.05) is 30.3 Å². The molecule has 0 aliphatic carbocycles. The molecule has 2 aromatic rings. The SMILES string of the molecule is CCOC(=O)Nc1ccc(NCc2ccccc2)nc1N(C)C. The van der Waals surface area contributed by atoms with Crippen molar-refractivity contribution in [2.45, 2.75) is 13.5 Å². The van der Waals surface area contributed by atoms with Crippen molar-refractivity contribution in [1.29, 1.82) is 0 Å². The van der Waals surface area contributed by atoms with Crippen LogP contribution in [0.15, 0.2) is 42.5 Å². The summed E-state index contributed by atoms with van der Waals surface area (Å²) >= 11 is 0. The lowest BCUT2D eigenvalue weighted by molar-refractivity contribution is 0.168. The number of anilines is 3. The third-order valence-electron chi connectivity index (χ3n) is 3.13. The van der Waals surface area contributed by atoms with E-state index in [9.17, 15) is 4.79 Å². The number of hydrogen-bond acceptors (Lipinski definition) is 5. The summed E-state index contributed by atoms with van der Waals surface area (Å²) < 4.78 is 4.90. The number of carbonyl (C=O) groups is 1. The summed E-state index contributed by atoms with van der Waals surface area (Å²) in [6.07, 6.45) is -0.484. The number of amides is 1. The summed E-state index contributed by atoms with van der Waals surface area (Å²) in [6.45, 7) is 2.78. The van der Waals surface area contributed by atoms with E-state index in [0.717, 1.165) is 5.82 Å². The summed E-state index contributed by atoms with van der Waals surface area (Å²) in [5, 5.41) is 5.98. The Bertz CT molecular complexity index is 644. The van der Waals surface area contributed by atoms with Gasteiger partial charge in [0, 0.05) is 20.6 Å². The zero-order valence-electron chi connectivity index (χ0n) is 13.7. The lowest BCUT2D eigenvalue weighted by Gasteiger charge is -2.18. The molecule has 0 unspecified atom stereocenters. The highest BCUT2D eigenvalue weighted by Gasteiger charge is 2.11. The van der Waals surface area contributed by atoms with Gasteiger partial charge in [0.05, 0.1) is 12.3 Å². The average Bonchev–Trinajstić information content (AvgIpc) is 2.55. The molecule has 0 radical (unpaired) electrons. The van der Waals surface area contributed by atoms with E-state index in [1.165, 1.54) is 5.56 Å². The zero-order valence-corrected chi connectivity index (χ0v) is 13.7. The molecule has 2 rings (SSSR count). The van der Waals surface area contributed by atoms with Crippen molar-refractivity contribution < 1.29 is 9.53 Å². The maximum Gasteiger partial charge on any atom is 0.411 e. The Morgan fingerprint density at radius 2 is 1.91 bits per heavy atom. The van der Waals surface area contributed by atoms with Crippen LogP contribution in [0.4, 0.5) is 22.1 Å². The second-order valence-electron chi connectivity index (χ2n) is 5.15. The summed E-state index contributed by atoms with van der Waals surface area (Å²) in [5.41, 5.74) is 1.79. The fourth-order valence-corrected chi connectivity index (χ4v) is 2.05. The summed E-state index contributed by atoms with van der Waals surface area (Å²) in [7, 11) is 3.75. The van der Waals surface area contributed by atoms with Gasteiger partial charge in [-0.25, -0.2) is 9.78 Å². The lowest BCUT2D eigenvalue weighted by atomic mass is 10.2. The Labute approximate surface area is 136 Å². The molecule has 6 heteroatoms. The molecular formula is C17H22N4O2. The normalized spacial score (nSPS) is 10.0. The number of nitrogens with zero attached hydrogens (tertiary/aromatic N) is 2. The van der Waals surface area contributed by atoms with Gasteiger partial charge in [-0.15, -0.1) is 0 Å². The fraction of sp³-hybridized carbons (Fsp3) is 0.294. The van der Waals surface area contributed by atoms with Gasteiger partial charge in [0.25, 0.3) is 0 Å². The van der Waals surface area contributed by atoms with Gasteiger partial charge in [0.1, 0.15) is 5.82 Å². The molecule has 0 atom stereocenters. The minimum Gasteiger partial charge on any atom is -0.450 e. The van der Waals surface area contributed by atoms with Crippen molar-refractivity contribution in [3.05, 3.63) is 48.0 Å². The van der Waals surface area contributed by atoms with Crippen LogP contribution in [0.25, 0.3) is 0 Å². The molecule has 1 amide bonds. The van der Waals surface area contributed by atoms with E-state index in [2.05, 4.69) is 27.8 Å². The third kappa shape index (κ3) is 4.88. The monoisotopic (exact) mass is 314 g/mol. The topological polar surface area (TPSA) is 66.5 Å². The number of hydrogen-bond donors (Lipinski definition) is 2. The van der Waals surface area contributed by atoms with Crippen LogP contribution < -0.4 is 15.5 Å². The minimum atomic E-state index is -0.484. The van der Waals surface area contributed by atoms with Crippen LogP contribution in [-0.2, 0) is 11.3 Å². The molecule has 1 aromatic carbocycles. The van der Waals surface area contributed by atoms with Crippen LogP contribution >= 0.6 is 0 Å². The Kier molecular flexibility index (Phi) is 5.80. The average molecular weight is 314 g/mol. The van der Waals surface area contributed by atoms with Crippen LogP contribution in [0.2, 0.25) is 0 Å². The first-order chi connectivity index (χ1) is 11.1. The Morgan fingerprint density at radius 1 is 1.17 bits per heavy atom. The molecule has 0 saturated carbocycles. The van der Waals surface area contributed by atoms with Crippen LogP contribution in [0.1, 0.15) is 12.5 Å². The predicted octanol–water partition coefficient (Wildman–Crippen LogP) is 3.33. The molecule has 1 heterocycles. The number of carbonyl (C=O) groups excluding carboxylic acids is 1. The highest BCUT2D eigenvalue weighted by atomic mass is 16.5. The van der Waals surface area contributed by atoms with Crippen molar-refractivity contribution in [3.8, 4) is 0 Å². The van der Waals surface area contributed by atoms with E-state index in [0.29, 0.717) is 24.7 Å². The quantitative estimate of drug-likeness (QED) is 0.856.